The van der Waals surface area contributed by atoms with E-state index in [1.165, 1.54) is 0 Å². The lowest BCUT2D eigenvalue weighted by Gasteiger charge is -2.02. The van der Waals surface area contributed by atoms with E-state index in [0.717, 1.165) is 16.7 Å². The Labute approximate surface area is 91.7 Å². The van der Waals surface area contributed by atoms with Gasteiger partial charge in [0.25, 0.3) is 0 Å². The van der Waals surface area contributed by atoms with Crippen LogP contribution in [0.15, 0.2) is 47.2 Å². The average Bonchev–Trinajstić information content (AvgIpc) is 2.16. The Morgan fingerprint density at radius 3 is 2.21 bits per heavy atom. The molecule has 0 aromatic rings. The number of hydrogen-bond acceptors (Lipinski definition) is 2. The highest BCUT2D eigenvalue weighted by atomic mass is 32.1. The fourth-order valence-corrected chi connectivity index (χ4v) is 1.12. The zero-order valence-corrected chi connectivity index (χ0v) is 9.82. The van der Waals surface area contributed by atoms with Crippen LogP contribution in [0.25, 0.3) is 0 Å². The highest BCUT2D eigenvalue weighted by Gasteiger charge is 1.94. The summed E-state index contributed by atoms with van der Waals surface area (Å²) in [5.74, 6) is 0. The second-order valence-corrected chi connectivity index (χ2v) is 3.43. The molecule has 1 nitrogen and oxygen atoms in total. The van der Waals surface area contributed by atoms with Crippen LogP contribution in [0.1, 0.15) is 20.8 Å². The molecule has 2 heteroatoms. The largest absolute Gasteiger partial charge is 0.399 e. The Morgan fingerprint density at radius 2 is 1.79 bits per heavy atom. The molecule has 2 N–H and O–H groups in total. The fraction of sp³-hybridized carbons (Fsp3) is 0.250. The first-order valence-corrected chi connectivity index (χ1v) is 4.89. The lowest BCUT2D eigenvalue weighted by atomic mass is 10.1. The van der Waals surface area contributed by atoms with Gasteiger partial charge in [-0.2, -0.15) is 0 Å². The second kappa shape index (κ2) is 6.33. The Bertz CT molecular complexity index is 319. The first-order valence-electron chi connectivity index (χ1n) is 4.42. The summed E-state index contributed by atoms with van der Waals surface area (Å²) in [6, 6.07) is 0. The minimum atomic E-state index is 0.708. The van der Waals surface area contributed by atoms with Gasteiger partial charge < -0.3 is 5.73 Å². The molecular weight excluding hydrogens is 190 g/mol. The molecule has 76 valence electrons. The van der Waals surface area contributed by atoms with Crippen molar-refractivity contribution in [3.05, 3.63) is 47.2 Å². The molecule has 0 saturated heterocycles. The summed E-state index contributed by atoms with van der Waals surface area (Å²) in [5, 5.41) is 1.61. The maximum atomic E-state index is 5.71. The highest BCUT2D eigenvalue weighted by molar-refractivity contribution is 7.79. The molecule has 0 rings (SSSR count). The van der Waals surface area contributed by atoms with Crippen LogP contribution in [0.4, 0.5) is 0 Å². The summed E-state index contributed by atoms with van der Waals surface area (Å²) in [7, 11) is 0. The van der Waals surface area contributed by atoms with Crippen molar-refractivity contribution in [1.82, 2.24) is 0 Å². The Balaban J connectivity index is 4.94. The predicted octanol–water partition coefficient (Wildman–Crippen LogP) is 3.30. The molecule has 0 fully saturated rings. The van der Waals surface area contributed by atoms with Crippen LogP contribution >= 0.6 is 12.2 Å². The van der Waals surface area contributed by atoms with Gasteiger partial charge in [-0.15, -0.1) is 0 Å². The molecule has 0 unspecified atom stereocenters. The molecule has 0 aliphatic heterocycles. The van der Waals surface area contributed by atoms with Crippen molar-refractivity contribution in [1.29, 1.82) is 0 Å². The zero-order chi connectivity index (χ0) is 11.1. The summed E-state index contributed by atoms with van der Waals surface area (Å²) in [4.78, 5) is 0. The van der Waals surface area contributed by atoms with E-state index in [4.69, 9.17) is 18.0 Å². The Morgan fingerprint density at radius 1 is 1.21 bits per heavy atom. The van der Waals surface area contributed by atoms with Crippen molar-refractivity contribution in [3.8, 4) is 0 Å². The van der Waals surface area contributed by atoms with Crippen LogP contribution in [0.2, 0.25) is 0 Å². The van der Waals surface area contributed by atoms with Crippen LogP contribution in [0.5, 0.6) is 0 Å². The molecule has 0 aromatic heterocycles. The van der Waals surface area contributed by atoms with Gasteiger partial charge in [0, 0.05) is 11.1 Å². The van der Waals surface area contributed by atoms with E-state index in [9.17, 15) is 0 Å². The molecule has 0 heterocycles. The second-order valence-electron chi connectivity index (χ2n) is 3.16. The number of thiocarbonyl (C=S) groups is 1. The lowest BCUT2D eigenvalue weighted by molar-refractivity contribution is 1.28. The summed E-state index contributed by atoms with van der Waals surface area (Å²) in [6.45, 7) is 9.64. The number of allylic oxidation sites excluding steroid dienone is 6. The molecule has 14 heavy (non-hydrogen) atoms. The molecule has 0 atom stereocenters. The summed E-state index contributed by atoms with van der Waals surface area (Å²) in [6.07, 6.45) is 5.58. The summed E-state index contributed by atoms with van der Waals surface area (Å²) in [5.41, 5.74) is 9.75. The van der Waals surface area contributed by atoms with Gasteiger partial charge in [0.05, 0.1) is 0 Å². The monoisotopic (exact) mass is 207 g/mol. The minimum absolute atomic E-state index is 0.708. The van der Waals surface area contributed by atoms with Gasteiger partial charge >= 0.3 is 0 Å². The van der Waals surface area contributed by atoms with Crippen LogP contribution in [0, 0.1) is 0 Å². The van der Waals surface area contributed by atoms with Crippen molar-refractivity contribution >= 4 is 17.6 Å². The molecule has 0 aliphatic rings. The first-order chi connectivity index (χ1) is 6.52. The van der Waals surface area contributed by atoms with E-state index >= 15 is 0 Å². The Kier molecular flexibility index (Phi) is 5.81. The maximum Gasteiger partial charge on any atom is 0.0337 e. The molecule has 0 amide bonds. The third kappa shape index (κ3) is 4.19. The third-order valence-electron chi connectivity index (χ3n) is 2.05. The van der Waals surface area contributed by atoms with Gasteiger partial charge in [-0.25, -0.2) is 0 Å². The molecule has 0 bridgehead atoms. The van der Waals surface area contributed by atoms with Gasteiger partial charge in [-0.05, 0) is 49.6 Å². The van der Waals surface area contributed by atoms with E-state index in [0.29, 0.717) is 5.70 Å². The van der Waals surface area contributed by atoms with Crippen molar-refractivity contribution in [2.45, 2.75) is 20.8 Å². The van der Waals surface area contributed by atoms with E-state index < -0.39 is 0 Å². The third-order valence-corrected chi connectivity index (χ3v) is 2.18. The normalized spacial score (nSPS) is 14.8. The van der Waals surface area contributed by atoms with E-state index in [2.05, 4.69) is 6.58 Å². The smallest absolute Gasteiger partial charge is 0.0337 e. The molecule has 0 spiro atoms. The average molecular weight is 207 g/mol. The van der Waals surface area contributed by atoms with Crippen molar-refractivity contribution in [2.75, 3.05) is 0 Å². The quantitative estimate of drug-likeness (QED) is 0.435. The van der Waals surface area contributed by atoms with Crippen LogP contribution in [-0.4, -0.2) is 5.37 Å². The Hall–Kier alpha value is -1.15. The van der Waals surface area contributed by atoms with Gasteiger partial charge in [0.2, 0.25) is 0 Å². The minimum Gasteiger partial charge on any atom is -0.399 e. The van der Waals surface area contributed by atoms with Crippen LogP contribution in [-0.2, 0) is 0 Å². The van der Waals surface area contributed by atoms with Crippen molar-refractivity contribution in [2.24, 2.45) is 5.73 Å². The standard InChI is InChI=1S/C12H17NS/c1-5-12(13)11(4)8-10(3)9(2)6-7-14/h5-8H,1,13H2,2-4H3. The van der Waals surface area contributed by atoms with E-state index in [1.54, 1.807) is 11.4 Å². The fourth-order valence-electron chi connectivity index (χ4n) is 0.916. The maximum absolute atomic E-state index is 5.71. The molecule has 0 aliphatic carbocycles. The van der Waals surface area contributed by atoms with Crippen LogP contribution < -0.4 is 5.73 Å². The van der Waals surface area contributed by atoms with E-state index in [1.807, 2.05) is 32.9 Å². The number of nitrogens with two attached hydrogens (primary N) is 1. The van der Waals surface area contributed by atoms with Gasteiger partial charge in [-0.1, -0.05) is 24.9 Å². The van der Waals surface area contributed by atoms with Gasteiger partial charge in [0.15, 0.2) is 0 Å². The topological polar surface area (TPSA) is 26.0 Å². The highest BCUT2D eigenvalue weighted by Crippen LogP contribution is 2.12. The predicted molar refractivity (Wildman–Crippen MR) is 68.3 cm³/mol. The van der Waals surface area contributed by atoms with Gasteiger partial charge in [0.1, 0.15) is 0 Å². The number of hydrogen-bond donors (Lipinski definition) is 1. The zero-order valence-electron chi connectivity index (χ0n) is 9.00. The summed E-state index contributed by atoms with van der Waals surface area (Å²) < 4.78 is 0. The molecular formula is C12H17NS. The van der Waals surface area contributed by atoms with Crippen molar-refractivity contribution < 1.29 is 0 Å². The number of rotatable bonds is 4. The molecule has 0 aromatic carbocycles. The van der Waals surface area contributed by atoms with Crippen molar-refractivity contribution in [3.63, 3.8) is 0 Å². The lowest BCUT2D eigenvalue weighted by Crippen LogP contribution is -1.95. The van der Waals surface area contributed by atoms with Crippen LogP contribution in [0.3, 0.4) is 0 Å². The summed E-state index contributed by atoms with van der Waals surface area (Å²) >= 11 is 4.75. The molecule has 0 saturated carbocycles. The van der Waals surface area contributed by atoms with Gasteiger partial charge in [-0.3, -0.25) is 0 Å². The first kappa shape index (κ1) is 12.8. The SMILES string of the molecule is C=CC(N)=C(C)C=C(C)C(C)=CC=S. The van der Waals surface area contributed by atoms with E-state index in [-0.39, 0.29) is 0 Å². The molecule has 0 radical (unpaired) electrons.